The lowest BCUT2D eigenvalue weighted by Gasteiger charge is -2.38. The van der Waals surface area contributed by atoms with Crippen LogP contribution in [0.15, 0.2) is 12.4 Å². The van der Waals surface area contributed by atoms with Gasteiger partial charge in [0.05, 0.1) is 49.0 Å². The number of fused-ring (bicyclic) bond motifs is 4. The van der Waals surface area contributed by atoms with Gasteiger partial charge in [-0.3, -0.25) is 9.59 Å². The standard InChI is InChI=1S/C27H41N8O4/c36-26-7-2-4-11-33-24(15-28-29-33)19-39-18-23-14-21(9-13-32(23)26)35-16-25-20-38-17-22-6-1-3-10-31(22)27(37)8-5-12-34(25)30-35/h15-16,21-23H,1-14,17-20H2/q+1. The number of aromatic nitrogens is 6. The predicted octanol–water partition coefficient (Wildman–Crippen LogP) is 1.39. The zero-order valence-corrected chi connectivity index (χ0v) is 22.8. The molecule has 0 radical (unpaired) electrons. The van der Waals surface area contributed by atoms with Crippen molar-refractivity contribution in [2.75, 3.05) is 26.3 Å². The van der Waals surface area contributed by atoms with Gasteiger partial charge in [0.15, 0.2) is 11.9 Å². The van der Waals surface area contributed by atoms with Crippen molar-refractivity contribution >= 4 is 11.8 Å². The number of aryl methyl sites for hydroxylation is 2. The van der Waals surface area contributed by atoms with Crippen LogP contribution in [-0.4, -0.2) is 84.9 Å². The molecule has 4 aliphatic heterocycles. The van der Waals surface area contributed by atoms with Crippen LogP contribution < -0.4 is 4.68 Å². The summed E-state index contributed by atoms with van der Waals surface area (Å²) in [5, 5.41) is 13.2. The maximum absolute atomic E-state index is 13.1. The van der Waals surface area contributed by atoms with Crippen LogP contribution in [0.3, 0.4) is 0 Å². The van der Waals surface area contributed by atoms with Crippen LogP contribution in [0.1, 0.15) is 81.6 Å². The molecule has 0 aliphatic carbocycles. The van der Waals surface area contributed by atoms with E-state index in [2.05, 4.69) is 21.2 Å². The largest absolute Gasteiger partial charge is 0.373 e. The minimum absolute atomic E-state index is 0.00198. The van der Waals surface area contributed by atoms with Gasteiger partial charge in [-0.05, 0) is 38.5 Å². The van der Waals surface area contributed by atoms with Gasteiger partial charge in [-0.15, -0.1) is 14.5 Å². The lowest BCUT2D eigenvalue weighted by atomic mass is 9.96. The van der Waals surface area contributed by atoms with E-state index >= 15 is 0 Å². The Morgan fingerprint density at radius 2 is 1.51 bits per heavy atom. The highest BCUT2D eigenvalue weighted by atomic mass is 16.5. The van der Waals surface area contributed by atoms with Crippen LogP contribution in [-0.2, 0) is 45.4 Å². The summed E-state index contributed by atoms with van der Waals surface area (Å²) in [5.41, 5.74) is 2.02. The molecule has 3 unspecified atom stereocenters. The van der Waals surface area contributed by atoms with Crippen LogP contribution in [0.25, 0.3) is 0 Å². The van der Waals surface area contributed by atoms with Gasteiger partial charge < -0.3 is 19.3 Å². The zero-order valence-electron chi connectivity index (χ0n) is 22.8. The fourth-order valence-corrected chi connectivity index (χ4v) is 6.55. The van der Waals surface area contributed by atoms with Crippen molar-refractivity contribution in [2.45, 2.75) is 109 Å². The average molecular weight is 542 g/mol. The van der Waals surface area contributed by atoms with Gasteiger partial charge in [0.25, 0.3) is 0 Å². The first-order valence-electron chi connectivity index (χ1n) is 14.8. The molecule has 39 heavy (non-hydrogen) atoms. The highest BCUT2D eigenvalue weighted by molar-refractivity contribution is 5.77. The summed E-state index contributed by atoms with van der Waals surface area (Å²) in [6.45, 7) is 4.99. The Morgan fingerprint density at radius 1 is 0.769 bits per heavy atom. The molecule has 2 aromatic rings. The molecular formula is C27H41N8O4+. The molecule has 0 saturated carbocycles. The van der Waals surface area contributed by atoms with E-state index in [0.717, 1.165) is 75.8 Å². The zero-order chi connectivity index (χ0) is 26.6. The van der Waals surface area contributed by atoms with Crippen molar-refractivity contribution in [1.29, 1.82) is 0 Å². The summed E-state index contributed by atoms with van der Waals surface area (Å²) < 4.78 is 18.2. The first kappa shape index (κ1) is 26.4. The summed E-state index contributed by atoms with van der Waals surface area (Å²) >= 11 is 0. The minimum atomic E-state index is -0.00198. The number of carbonyl (C=O) groups excluding carboxylic acids is 2. The summed E-state index contributed by atoms with van der Waals surface area (Å²) in [6, 6.07) is 0.356. The van der Waals surface area contributed by atoms with Crippen molar-refractivity contribution in [3.63, 3.8) is 0 Å². The molecule has 2 saturated heterocycles. The average Bonchev–Trinajstić information content (AvgIpc) is 3.56. The quantitative estimate of drug-likeness (QED) is 0.502. The van der Waals surface area contributed by atoms with E-state index in [-0.39, 0.29) is 29.9 Å². The monoisotopic (exact) mass is 541 g/mol. The third-order valence-electron chi connectivity index (χ3n) is 8.74. The summed E-state index contributed by atoms with van der Waals surface area (Å²) in [6.07, 6.45) is 12.4. The van der Waals surface area contributed by atoms with Gasteiger partial charge in [-0.25, -0.2) is 4.68 Å². The molecule has 0 bridgehead atoms. The molecule has 212 valence electrons. The maximum atomic E-state index is 13.1. The molecule has 0 N–H and O–H groups in total. The van der Waals surface area contributed by atoms with E-state index in [9.17, 15) is 9.59 Å². The Labute approximate surface area is 229 Å². The number of piperidine rings is 2. The number of nitrogens with zero attached hydrogens (tertiary/aromatic N) is 8. The van der Waals surface area contributed by atoms with E-state index in [1.165, 1.54) is 0 Å². The Balaban J connectivity index is 1.14. The first-order valence-corrected chi connectivity index (χ1v) is 14.8. The van der Waals surface area contributed by atoms with Crippen LogP contribution in [0.2, 0.25) is 0 Å². The number of hydrogen-bond donors (Lipinski definition) is 0. The van der Waals surface area contributed by atoms with Crippen LogP contribution in [0, 0.1) is 0 Å². The maximum Gasteiger partial charge on any atom is 0.223 e. The van der Waals surface area contributed by atoms with Crippen LogP contribution in [0.4, 0.5) is 0 Å². The van der Waals surface area contributed by atoms with Crippen molar-refractivity contribution in [3.05, 3.63) is 23.8 Å². The van der Waals surface area contributed by atoms with Crippen molar-refractivity contribution in [1.82, 2.24) is 34.7 Å². The molecule has 0 spiro atoms. The van der Waals surface area contributed by atoms with Gasteiger partial charge in [-0.1, -0.05) is 5.21 Å². The number of carbonyl (C=O) groups is 2. The molecule has 6 rings (SSSR count). The molecule has 6 heterocycles. The number of ether oxygens (including phenoxy) is 2. The molecule has 3 atom stereocenters. The summed E-state index contributed by atoms with van der Waals surface area (Å²) in [7, 11) is 0. The van der Waals surface area contributed by atoms with E-state index in [1.807, 2.05) is 19.2 Å². The molecule has 2 fully saturated rings. The number of rotatable bonds is 1. The second-order valence-electron chi connectivity index (χ2n) is 11.4. The smallest absolute Gasteiger partial charge is 0.223 e. The van der Waals surface area contributed by atoms with E-state index in [4.69, 9.17) is 14.7 Å². The van der Waals surface area contributed by atoms with E-state index < -0.39 is 0 Å². The number of hydrogen-bond acceptors (Lipinski definition) is 7. The fraction of sp³-hybridized carbons (Fsp3) is 0.778. The normalized spacial score (nSPS) is 27.7. The predicted molar refractivity (Wildman–Crippen MR) is 138 cm³/mol. The molecular weight excluding hydrogens is 500 g/mol. The molecule has 2 aromatic heterocycles. The SMILES string of the molecule is O=C1CCCn2n[n+](C3CCN4C(=O)CCCCn5nncc5COCC4C3)cc2COCC2CCCCN12. The van der Waals surface area contributed by atoms with Crippen molar-refractivity contribution < 1.29 is 23.7 Å². The molecule has 12 heteroatoms. The number of amides is 2. The van der Waals surface area contributed by atoms with Gasteiger partial charge in [0.2, 0.25) is 11.8 Å². The highest BCUT2D eigenvalue weighted by Crippen LogP contribution is 2.26. The minimum Gasteiger partial charge on any atom is -0.373 e. The summed E-state index contributed by atoms with van der Waals surface area (Å²) in [4.78, 5) is 30.1. The second-order valence-corrected chi connectivity index (χ2v) is 11.4. The van der Waals surface area contributed by atoms with Gasteiger partial charge >= 0.3 is 0 Å². The Bertz CT molecular complexity index is 1150. The molecule has 2 amide bonds. The highest BCUT2D eigenvalue weighted by Gasteiger charge is 2.36. The van der Waals surface area contributed by atoms with Crippen LogP contribution >= 0.6 is 0 Å². The first-order chi connectivity index (χ1) is 19.2. The Hall–Kier alpha value is -2.86. The van der Waals surface area contributed by atoms with Crippen LogP contribution in [0.5, 0.6) is 0 Å². The van der Waals surface area contributed by atoms with E-state index in [1.54, 1.807) is 6.20 Å². The molecule has 12 nitrogen and oxygen atoms in total. The van der Waals surface area contributed by atoms with Crippen molar-refractivity contribution in [2.24, 2.45) is 0 Å². The lowest BCUT2D eigenvalue weighted by Crippen LogP contribution is -2.54. The third kappa shape index (κ3) is 6.01. The topological polar surface area (TPSA) is 111 Å². The third-order valence-corrected chi connectivity index (χ3v) is 8.74. The molecule has 4 aliphatic rings. The summed E-state index contributed by atoms with van der Waals surface area (Å²) in [5.74, 6) is 0.451. The Morgan fingerprint density at radius 3 is 2.41 bits per heavy atom. The van der Waals surface area contributed by atoms with Crippen molar-refractivity contribution in [3.8, 4) is 0 Å². The van der Waals surface area contributed by atoms with Gasteiger partial charge in [-0.2, -0.15) is 0 Å². The van der Waals surface area contributed by atoms with Gasteiger partial charge in [0, 0.05) is 45.3 Å². The second kappa shape index (κ2) is 12.1. The van der Waals surface area contributed by atoms with E-state index in [0.29, 0.717) is 52.4 Å². The lowest BCUT2D eigenvalue weighted by molar-refractivity contribution is -0.781. The Kier molecular flexibility index (Phi) is 8.19. The fourth-order valence-electron chi connectivity index (χ4n) is 6.55. The molecule has 0 aromatic carbocycles. The van der Waals surface area contributed by atoms with Gasteiger partial charge in [0.1, 0.15) is 19.2 Å².